The fourth-order valence-electron chi connectivity index (χ4n) is 1.29. The first-order valence-electron chi connectivity index (χ1n) is 5.45. The molecule has 2 aromatic heterocycles. The van der Waals surface area contributed by atoms with Gasteiger partial charge in [-0.25, -0.2) is 4.98 Å². The van der Waals surface area contributed by atoms with Crippen LogP contribution >= 0.6 is 11.3 Å². The number of amides is 1. The molecule has 0 unspecified atom stereocenters. The fourth-order valence-corrected chi connectivity index (χ4v) is 2.02. The van der Waals surface area contributed by atoms with Gasteiger partial charge >= 0.3 is 0 Å². The number of nitrogens with one attached hydrogen (secondary N) is 1. The number of nitrogens with zero attached hydrogens (tertiary/aromatic N) is 2. The van der Waals surface area contributed by atoms with Gasteiger partial charge in [-0.3, -0.25) is 9.78 Å². The molecule has 1 amide bonds. The van der Waals surface area contributed by atoms with E-state index >= 15 is 0 Å². The lowest BCUT2D eigenvalue weighted by Gasteiger charge is -2.05. The van der Waals surface area contributed by atoms with E-state index in [0.29, 0.717) is 12.3 Å². The lowest BCUT2D eigenvalue weighted by atomic mass is 10.5. The molecule has 0 saturated heterocycles. The summed E-state index contributed by atoms with van der Waals surface area (Å²) in [6.45, 7) is 2.40. The molecule has 0 spiro atoms. The number of thiazole rings is 1. The number of pyridine rings is 1. The Bertz CT molecular complexity index is 513. The molecule has 0 saturated carbocycles. The van der Waals surface area contributed by atoms with E-state index in [9.17, 15) is 4.79 Å². The van der Waals surface area contributed by atoms with Crippen molar-refractivity contribution in [3.05, 3.63) is 40.6 Å². The van der Waals surface area contributed by atoms with E-state index in [4.69, 9.17) is 4.74 Å². The highest BCUT2D eigenvalue weighted by molar-refractivity contribution is 7.11. The van der Waals surface area contributed by atoms with Gasteiger partial charge in [0.05, 0.1) is 12.7 Å². The first kappa shape index (κ1) is 12.5. The molecule has 0 atom stereocenters. The minimum atomic E-state index is -0.174. The van der Waals surface area contributed by atoms with Crippen molar-refractivity contribution in [2.45, 2.75) is 13.5 Å². The molecule has 0 fully saturated rings. The number of aryl methyl sites for hydroxylation is 1. The van der Waals surface area contributed by atoms with Crippen LogP contribution in [0.1, 0.15) is 9.88 Å². The normalized spacial score (nSPS) is 10.1. The first-order valence-corrected chi connectivity index (χ1v) is 6.26. The van der Waals surface area contributed by atoms with Gasteiger partial charge in [-0.2, -0.15) is 0 Å². The van der Waals surface area contributed by atoms with E-state index in [-0.39, 0.29) is 12.5 Å². The molecule has 0 aliphatic rings. The van der Waals surface area contributed by atoms with Crippen molar-refractivity contribution < 1.29 is 9.53 Å². The molecule has 6 heteroatoms. The quantitative estimate of drug-likeness (QED) is 0.888. The smallest absolute Gasteiger partial charge is 0.258 e. The molecule has 0 bridgehead atoms. The van der Waals surface area contributed by atoms with E-state index in [1.807, 2.05) is 6.92 Å². The maximum Gasteiger partial charge on any atom is 0.258 e. The van der Waals surface area contributed by atoms with Crippen molar-refractivity contribution in [1.82, 2.24) is 15.3 Å². The zero-order chi connectivity index (χ0) is 12.8. The van der Waals surface area contributed by atoms with Gasteiger partial charge in [-0.05, 0) is 19.1 Å². The van der Waals surface area contributed by atoms with Gasteiger partial charge in [0.1, 0.15) is 10.8 Å². The second-order valence-corrected chi connectivity index (χ2v) is 4.94. The number of carbonyl (C=O) groups is 1. The molecule has 0 aliphatic heterocycles. The third-order valence-electron chi connectivity index (χ3n) is 2.11. The molecule has 18 heavy (non-hydrogen) atoms. The Morgan fingerprint density at radius 1 is 1.50 bits per heavy atom. The average Bonchev–Trinajstić information content (AvgIpc) is 2.81. The standard InChI is InChI=1S/C12H13N3O2S/c1-9-5-15-12(18-9)7-14-11(16)8-17-10-3-2-4-13-6-10/h2-6H,7-8H2,1H3,(H,14,16). The molecule has 0 radical (unpaired) electrons. The van der Waals surface area contributed by atoms with Gasteiger partial charge in [0.15, 0.2) is 6.61 Å². The van der Waals surface area contributed by atoms with Crippen LogP contribution in [-0.2, 0) is 11.3 Å². The molecular formula is C12H13N3O2S. The summed E-state index contributed by atoms with van der Waals surface area (Å²) < 4.78 is 5.27. The predicted octanol–water partition coefficient (Wildman–Crippen LogP) is 1.54. The molecule has 94 valence electrons. The summed E-state index contributed by atoms with van der Waals surface area (Å²) in [5.74, 6) is 0.407. The summed E-state index contributed by atoms with van der Waals surface area (Å²) in [7, 11) is 0. The van der Waals surface area contributed by atoms with Crippen LogP contribution in [0, 0.1) is 6.92 Å². The maximum absolute atomic E-state index is 11.5. The topological polar surface area (TPSA) is 64.1 Å². The van der Waals surface area contributed by atoms with Crippen LogP contribution in [-0.4, -0.2) is 22.5 Å². The second kappa shape index (κ2) is 6.11. The van der Waals surface area contributed by atoms with E-state index in [1.54, 1.807) is 42.1 Å². The minimum Gasteiger partial charge on any atom is -0.482 e. The van der Waals surface area contributed by atoms with Gasteiger partial charge in [-0.15, -0.1) is 11.3 Å². The highest BCUT2D eigenvalue weighted by atomic mass is 32.1. The summed E-state index contributed by atoms with van der Waals surface area (Å²) in [5, 5.41) is 3.64. The molecule has 1 N–H and O–H groups in total. The van der Waals surface area contributed by atoms with Gasteiger partial charge in [0.25, 0.3) is 5.91 Å². The molecule has 2 rings (SSSR count). The van der Waals surface area contributed by atoms with Crippen molar-refractivity contribution in [2.24, 2.45) is 0 Å². The number of rotatable bonds is 5. The van der Waals surface area contributed by atoms with Gasteiger partial charge in [0, 0.05) is 17.3 Å². The Morgan fingerprint density at radius 3 is 3.06 bits per heavy atom. The largest absolute Gasteiger partial charge is 0.482 e. The van der Waals surface area contributed by atoms with Crippen molar-refractivity contribution >= 4 is 17.2 Å². The first-order chi connectivity index (χ1) is 8.74. The highest BCUT2D eigenvalue weighted by Crippen LogP contribution is 2.10. The van der Waals surface area contributed by atoms with Crippen LogP contribution in [0.25, 0.3) is 0 Å². The zero-order valence-electron chi connectivity index (χ0n) is 9.92. The summed E-state index contributed by atoms with van der Waals surface area (Å²) in [6.07, 6.45) is 5.01. The number of aromatic nitrogens is 2. The molecule has 0 aromatic carbocycles. The highest BCUT2D eigenvalue weighted by Gasteiger charge is 2.04. The van der Waals surface area contributed by atoms with Crippen molar-refractivity contribution in [2.75, 3.05) is 6.61 Å². The summed E-state index contributed by atoms with van der Waals surface area (Å²) >= 11 is 1.57. The SMILES string of the molecule is Cc1cnc(CNC(=O)COc2cccnc2)s1. The minimum absolute atomic E-state index is 0.0178. The van der Waals surface area contributed by atoms with Crippen molar-refractivity contribution in [3.8, 4) is 5.75 Å². The third-order valence-corrected chi connectivity index (χ3v) is 3.02. The van der Waals surface area contributed by atoms with E-state index in [2.05, 4.69) is 15.3 Å². The summed E-state index contributed by atoms with van der Waals surface area (Å²) in [5.41, 5.74) is 0. The maximum atomic E-state index is 11.5. The van der Waals surface area contributed by atoms with Crippen LogP contribution in [0.2, 0.25) is 0 Å². The monoisotopic (exact) mass is 263 g/mol. The Hall–Kier alpha value is -1.95. The van der Waals surface area contributed by atoms with E-state index in [1.165, 1.54) is 0 Å². The van der Waals surface area contributed by atoms with Gasteiger partial charge < -0.3 is 10.1 Å². The van der Waals surface area contributed by atoms with Crippen LogP contribution in [0.4, 0.5) is 0 Å². The Balaban J connectivity index is 1.73. The van der Waals surface area contributed by atoms with Crippen molar-refractivity contribution in [3.63, 3.8) is 0 Å². The Kier molecular flexibility index (Phi) is 4.25. The Labute approximate surface area is 109 Å². The second-order valence-electron chi connectivity index (χ2n) is 3.62. The molecule has 2 aromatic rings. The zero-order valence-corrected chi connectivity index (χ0v) is 10.7. The van der Waals surface area contributed by atoms with Crippen molar-refractivity contribution in [1.29, 1.82) is 0 Å². The molecule has 2 heterocycles. The predicted molar refractivity (Wildman–Crippen MR) is 68.4 cm³/mol. The fraction of sp³-hybridized carbons (Fsp3) is 0.250. The lowest BCUT2D eigenvalue weighted by Crippen LogP contribution is -2.28. The average molecular weight is 263 g/mol. The molecule has 0 aliphatic carbocycles. The van der Waals surface area contributed by atoms with E-state index in [0.717, 1.165) is 9.88 Å². The van der Waals surface area contributed by atoms with Crippen LogP contribution in [0.15, 0.2) is 30.7 Å². The number of hydrogen-bond donors (Lipinski definition) is 1. The van der Waals surface area contributed by atoms with Crippen LogP contribution in [0.5, 0.6) is 5.75 Å². The van der Waals surface area contributed by atoms with Gasteiger partial charge in [0.2, 0.25) is 0 Å². The van der Waals surface area contributed by atoms with Crippen LogP contribution < -0.4 is 10.1 Å². The number of ether oxygens (including phenoxy) is 1. The number of hydrogen-bond acceptors (Lipinski definition) is 5. The van der Waals surface area contributed by atoms with Gasteiger partial charge in [-0.1, -0.05) is 0 Å². The number of carbonyl (C=O) groups excluding carboxylic acids is 1. The van der Waals surface area contributed by atoms with E-state index < -0.39 is 0 Å². The Morgan fingerprint density at radius 2 is 2.39 bits per heavy atom. The summed E-state index contributed by atoms with van der Waals surface area (Å²) in [4.78, 5) is 20.7. The molecule has 5 nitrogen and oxygen atoms in total. The van der Waals surface area contributed by atoms with Crippen LogP contribution in [0.3, 0.4) is 0 Å². The third kappa shape index (κ3) is 3.81. The summed E-state index contributed by atoms with van der Waals surface area (Å²) in [6, 6.07) is 3.51. The lowest BCUT2D eigenvalue weighted by molar-refractivity contribution is -0.123. The molecular weight excluding hydrogens is 250 g/mol.